The summed E-state index contributed by atoms with van der Waals surface area (Å²) in [6.45, 7) is 0.494. The number of hydrogen-bond acceptors (Lipinski definition) is 2. The lowest BCUT2D eigenvalue weighted by Gasteiger charge is -2.08. The van der Waals surface area contributed by atoms with Crippen molar-refractivity contribution in [1.82, 2.24) is 0 Å². The zero-order chi connectivity index (χ0) is 13.5. The third-order valence-corrected chi connectivity index (χ3v) is 3.46. The summed E-state index contributed by atoms with van der Waals surface area (Å²) >= 11 is 17.5. The maximum absolute atomic E-state index is 10.3. The standard InChI is InChI=1S/C12H13Cl3O3/c13-9-6-8(7-10(14)12(9)15)18-5-3-1-2-4-11(16)17/h6-7H,1-5H2,(H,16,17). The largest absolute Gasteiger partial charge is 0.493 e. The number of halogens is 3. The molecule has 18 heavy (non-hydrogen) atoms. The molecule has 0 aliphatic heterocycles. The van der Waals surface area contributed by atoms with E-state index in [-0.39, 0.29) is 6.42 Å². The fourth-order valence-corrected chi connectivity index (χ4v) is 1.94. The van der Waals surface area contributed by atoms with Crippen LogP contribution in [-0.4, -0.2) is 17.7 Å². The number of benzene rings is 1. The van der Waals surface area contributed by atoms with E-state index < -0.39 is 5.97 Å². The molecule has 0 bridgehead atoms. The number of hydrogen-bond donors (Lipinski definition) is 1. The number of carboxylic acid groups (broad SMARTS) is 1. The third kappa shape index (κ3) is 5.34. The molecule has 0 aliphatic carbocycles. The van der Waals surface area contributed by atoms with Gasteiger partial charge in [-0.05, 0) is 19.3 Å². The minimum Gasteiger partial charge on any atom is -0.493 e. The van der Waals surface area contributed by atoms with Crippen LogP contribution in [0.1, 0.15) is 25.7 Å². The van der Waals surface area contributed by atoms with Crippen molar-refractivity contribution in [3.63, 3.8) is 0 Å². The van der Waals surface area contributed by atoms with Gasteiger partial charge >= 0.3 is 5.97 Å². The van der Waals surface area contributed by atoms with E-state index in [1.807, 2.05) is 0 Å². The second kappa shape index (κ2) is 7.72. The molecule has 1 aromatic carbocycles. The van der Waals surface area contributed by atoms with Crippen LogP contribution in [-0.2, 0) is 4.79 Å². The Balaban J connectivity index is 2.29. The van der Waals surface area contributed by atoms with Gasteiger partial charge in [0.15, 0.2) is 0 Å². The Bertz CT molecular complexity index is 398. The highest BCUT2D eigenvalue weighted by Gasteiger charge is 2.06. The molecule has 6 heteroatoms. The van der Waals surface area contributed by atoms with E-state index in [1.54, 1.807) is 12.1 Å². The van der Waals surface area contributed by atoms with E-state index >= 15 is 0 Å². The highest BCUT2D eigenvalue weighted by atomic mass is 35.5. The Hall–Kier alpha value is -0.640. The van der Waals surface area contributed by atoms with Crippen LogP contribution in [0.2, 0.25) is 15.1 Å². The topological polar surface area (TPSA) is 46.5 Å². The molecule has 0 spiro atoms. The van der Waals surface area contributed by atoms with Crippen LogP contribution < -0.4 is 4.74 Å². The number of carbonyl (C=O) groups is 1. The smallest absolute Gasteiger partial charge is 0.303 e. The van der Waals surface area contributed by atoms with Crippen molar-refractivity contribution in [2.75, 3.05) is 6.61 Å². The summed E-state index contributed by atoms with van der Waals surface area (Å²) in [5.41, 5.74) is 0. The van der Waals surface area contributed by atoms with Crippen molar-refractivity contribution >= 4 is 40.8 Å². The van der Waals surface area contributed by atoms with Crippen molar-refractivity contribution in [1.29, 1.82) is 0 Å². The van der Waals surface area contributed by atoms with E-state index in [9.17, 15) is 4.79 Å². The van der Waals surface area contributed by atoms with Gasteiger partial charge < -0.3 is 9.84 Å². The third-order valence-electron chi connectivity index (χ3n) is 2.26. The van der Waals surface area contributed by atoms with Crippen molar-refractivity contribution in [3.05, 3.63) is 27.2 Å². The van der Waals surface area contributed by atoms with Gasteiger partial charge in [0, 0.05) is 18.6 Å². The maximum atomic E-state index is 10.3. The molecule has 3 nitrogen and oxygen atoms in total. The van der Waals surface area contributed by atoms with Gasteiger partial charge in [0.25, 0.3) is 0 Å². The second-order valence-corrected chi connectivity index (χ2v) is 4.95. The van der Waals surface area contributed by atoms with E-state index in [0.29, 0.717) is 33.8 Å². The summed E-state index contributed by atoms with van der Waals surface area (Å²) in [6.07, 6.45) is 2.44. The van der Waals surface area contributed by atoms with Gasteiger partial charge in [0.1, 0.15) is 5.75 Å². The van der Waals surface area contributed by atoms with Crippen LogP contribution >= 0.6 is 34.8 Å². The molecule has 1 rings (SSSR count). The molecule has 1 aromatic rings. The quantitative estimate of drug-likeness (QED) is 0.588. The molecular weight excluding hydrogens is 298 g/mol. The molecule has 1 N–H and O–H groups in total. The Morgan fingerprint density at radius 3 is 2.28 bits per heavy atom. The van der Waals surface area contributed by atoms with Gasteiger partial charge in [-0.1, -0.05) is 34.8 Å². The van der Waals surface area contributed by atoms with E-state index in [4.69, 9.17) is 44.6 Å². The van der Waals surface area contributed by atoms with Crippen LogP contribution in [0.25, 0.3) is 0 Å². The van der Waals surface area contributed by atoms with Crippen LogP contribution in [0.4, 0.5) is 0 Å². The number of aliphatic carboxylic acids is 1. The summed E-state index contributed by atoms with van der Waals surface area (Å²) in [6, 6.07) is 3.21. The normalized spacial score (nSPS) is 10.4. The lowest BCUT2D eigenvalue weighted by molar-refractivity contribution is -0.137. The van der Waals surface area contributed by atoms with Crippen LogP contribution in [0.5, 0.6) is 5.75 Å². The van der Waals surface area contributed by atoms with Gasteiger partial charge in [0.2, 0.25) is 0 Å². The summed E-state index contributed by atoms with van der Waals surface area (Å²) in [5.74, 6) is -0.209. The Morgan fingerprint density at radius 2 is 1.72 bits per heavy atom. The fraction of sp³-hybridized carbons (Fsp3) is 0.417. The lowest BCUT2D eigenvalue weighted by atomic mass is 10.2. The highest BCUT2D eigenvalue weighted by Crippen LogP contribution is 2.34. The predicted octanol–water partition coefficient (Wildman–Crippen LogP) is 4.67. The summed E-state index contributed by atoms with van der Waals surface area (Å²) in [5, 5.41) is 9.48. The van der Waals surface area contributed by atoms with Crippen molar-refractivity contribution in [3.8, 4) is 5.75 Å². The van der Waals surface area contributed by atoms with Crippen LogP contribution in [0, 0.1) is 0 Å². The SMILES string of the molecule is O=C(O)CCCCCOc1cc(Cl)c(Cl)c(Cl)c1. The molecule has 0 atom stereocenters. The van der Waals surface area contributed by atoms with E-state index in [0.717, 1.165) is 12.8 Å². The number of unbranched alkanes of at least 4 members (excludes halogenated alkanes) is 2. The second-order valence-electron chi connectivity index (χ2n) is 3.75. The minimum atomic E-state index is -0.771. The van der Waals surface area contributed by atoms with Gasteiger partial charge in [0.05, 0.1) is 21.7 Å². The first kappa shape index (κ1) is 15.4. The average Bonchev–Trinajstić information content (AvgIpc) is 2.30. The first-order valence-electron chi connectivity index (χ1n) is 5.50. The van der Waals surface area contributed by atoms with Crippen molar-refractivity contribution in [2.45, 2.75) is 25.7 Å². The molecule has 0 fully saturated rings. The lowest BCUT2D eigenvalue weighted by Crippen LogP contribution is -1.99. The molecule has 0 heterocycles. The zero-order valence-electron chi connectivity index (χ0n) is 9.59. The van der Waals surface area contributed by atoms with E-state index in [1.165, 1.54) is 0 Å². The highest BCUT2D eigenvalue weighted by molar-refractivity contribution is 6.48. The average molecular weight is 312 g/mol. The molecule has 0 amide bonds. The van der Waals surface area contributed by atoms with Crippen molar-refractivity contribution < 1.29 is 14.6 Å². The van der Waals surface area contributed by atoms with Gasteiger partial charge in [-0.2, -0.15) is 0 Å². The van der Waals surface area contributed by atoms with Crippen LogP contribution in [0.15, 0.2) is 12.1 Å². The minimum absolute atomic E-state index is 0.193. The Morgan fingerprint density at radius 1 is 1.11 bits per heavy atom. The number of carboxylic acids is 1. The van der Waals surface area contributed by atoms with E-state index in [2.05, 4.69) is 0 Å². The molecular formula is C12H13Cl3O3. The molecule has 0 radical (unpaired) electrons. The van der Waals surface area contributed by atoms with Gasteiger partial charge in [-0.15, -0.1) is 0 Å². The molecule has 0 saturated heterocycles. The van der Waals surface area contributed by atoms with Crippen LogP contribution in [0.3, 0.4) is 0 Å². The van der Waals surface area contributed by atoms with Gasteiger partial charge in [-0.25, -0.2) is 0 Å². The first-order valence-corrected chi connectivity index (χ1v) is 6.63. The maximum Gasteiger partial charge on any atom is 0.303 e. The predicted molar refractivity (Wildman–Crippen MR) is 73.1 cm³/mol. The molecule has 0 unspecified atom stereocenters. The molecule has 100 valence electrons. The molecule has 0 aliphatic rings. The monoisotopic (exact) mass is 310 g/mol. The van der Waals surface area contributed by atoms with Gasteiger partial charge in [-0.3, -0.25) is 4.79 Å². The fourth-order valence-electron chi connectivity index (χ4n) is 1.36. The summed E-state index contributed by atoms with van der Waals surface area (Å²) < 4.78 is 5.45. The Kier molecular flexibility index (Phi) is 6.61. The Labute approximate surface area is 121 Å². The first-order chi connectivity index (χ1) is 8.50. The number of rotatable bonds is 7. The molecule has 0 aromatic heterocycles. The van der Waals surface area contributed by atoms with Crippen molar-refractivity contribution in [2.24, 2.45) is 0 Å². The summed E-state index contributed by atoms with van der Waals surface area (Å²) in [7, 11) is 0. The molecule has 0 saturated carbocycles. The number of ether oxygens (including phenoxy) is 1. The zero-order valence-corrected chi connectivity index (χ0v) is 11.9. The summed E-state index contributed by atoms with van der Waals surface area (Å²) in [4.78, 5) is 10.3.